The quantitative estimate of drug-likeness (QED) is 0.942. The van der Waals surface area contributed by atoms with E-state index in [9.17, 15) is 9.90 Å². The molecule has 0 atom stereocenters. The van der Waals surface area contributed by atoms with Gasteiger partial charge in [0.05, 0.1) is 11.8 Å². The maximum atomic E-state index is 12.3. The first-order valence-corrected chi connectivity index (χ1v) is 7.17. The van der Waals surface area contributed by atoms with E-state index in [1.54, 1.807) is 27.1 Å². The van der Waals surface area contributed by atoms with Gasteiger partial charge >= 0.3 is 0 Å². The summed E-state index contributed by atoms with van der Waals surface area (Å²) in [6, 6.07) is 9.76. The average Bonchev–Trinajstić information content (AvgIpc) is 2.86. The lowest BCUT2D eigenvalue weighted by Gasteiger charge is -2.24. The van der Waals surface area contributed by atoms with Gasteiger partial charge in [-0.15, -0.1) is 11.3 Å². The fourth-order valence-electron chi connectivity index (χ4n) is 1.93. The second-order valence-corrected chi connectivity index (χ2v) is 6.40. The molecule has 0 aliphatic heterocycles. The Morgan fingerprint density at radius 3 is 2.60 bits per heavy atom. The van der Waals surface area contributed by atoms with Gasteiger partial charge in [-0.3, -0.25) is 4.79 Å². The molecule has 0 unspecified atom stereocenters. The highest BCUT2D eigenvalue weighted by molar-refractivity contribution is 7.16. The molecule has 0 fully saturated rings. The highest BCUT2D eigenvalue weighted by atomic mass is 32.1. The first-order chi connectivity index (χ1) is 9.37. The molecule has 106 valence electrons. The Morgan fingerprint density at radius 2 is 2.00 bits per heavy atom. The Balaban J connectivity index is 2.15. The summed E-state index contributed by atoms with van der Waals surface area (Å²) >= 11 is 1.36. The molecule has 1 aromatic heterocycles. The molecule has 4 nitrogen and oxygen atoms in total. The number of carbonyl (C=O) groups excluding carboxylic acids is 1. The summed E-state index contributed by atoms with van der Waals surface area (Å²) in [7, 11) is 1.68. The van der Waals surface area contributed by atoms with Crippen molar-refractivity contribution in [1.82, 2.24) is 9.88 Å². The zero-order valence-electron chi connectivity index (χ0n) is 11.8. The van der Waals surface area contributed by atoms with Gasteiger partial charge in [0, 0.05) is 19.2 Å². The van der Waals surface area contributed by atoms with Crippen molar-refractivity contribution in [3.05, 3.63) is 41.4 Å². The number of likely N-dealkylation sites (N-methyl/N-ethyl adjacent to an activating group) is 1. The zero-order valence-corrected chi connectivity index (χ0v) is 12.6. The molecule has 0 bridgehead atoms. The number of carbonyl (C=O) groups is 1. The number of aliphatic hydroxyl groups is 1. The van der Waals surface area contributed by atoms with Crippen molar-refractivity contribution in [2.75, 3.05) is 13.6 Å². The molecule has 0 aliphatic rings. The third-order valence-corrected chi connectivity index (χ3v) is 3.74. The van der Waals surface area contributed by atoms with Gasteiger partial charge in [-0.25, -0.2) is 4.98 Å². The van der Waals surface area contributed by atoms with Crippen LogP contribution >= 0.6 is 11.3 Å². The standard InChI is InChI=1S/C15H18N2O2S/c1-15(2,19)10-17(3)14(18)12-9-16-13(20-12)11-7-5-4-6-8-11/h4-9,19H,10H2,1-3H3. The number of thiazole rings is 1. The van der Waals surface area contributed by atoms with Crippen LogP contribution in [0.15, 0.2) is 36.5 Å². The maximum Gasteiger partial charge on any atom is 0.265 e. The monoisotopic (exact) mass is 290 g/mol. The van der Waals surface area contributed by atoms with Crippen LogP contribution in [0.2, 0.25) is 0 Å². The Hall–Kier alpha value is -1.72. The summed E-state index contributed by atoms with van der Waals surface area (Å²) in [5, 5.41) is 10.6. The van der Waals surface area contributed by atoms with Crippen molar-refractivity contribution in [3.8, 4) is 10.6 Å². The lowest BCUT2D eigenvalue weighted by molar-refractivity contribution is 0.0370. The van der Waals surface area contributed by atoms with Crippen molar-refractivity contribution in [1.29, 1.82) is 0 Å². The van der Waals surface area contributed by atoms with E-state index in [0.717, 1.165) is 10.6 Å². The fourth-order valence-corrected chi connectivity index (χ4v) is 2.84. The minimum Gasteiger partial charge on any atom is -0.389 e. The third kappa shape index (κ3) is 3.65. The van der Waals surface area contributed by atoms with Crippen molar-refractivity contribution in [2.24, 2.45) is 0 Å². The minimum absolute atomic E-state index is 0.119. The number of nitrogens with zero attached hydrogens (tertiary/aromatic N) is 2. The predicted octanol–water partition coefficient (Wildman–Crippen LogP) is 2.65. The Kier molecular flexibility index (Phi) is 4.20. The number of aromatic nitrogens is 1. The molecule has 0 aliphatic carbocycles. The van der Waals surface area contributed by atoms with Crippen LogP contribution in [0.3, 0.4) is 0 Å². The number of rotatable bonds is 4. The van der Waals surface area contributed by atoms with Gasteiger partial charge in [-0.2, -0.15) is 0 Å². The van der Waals surface area contributed by atoms with Crippen LogP contribution in [0, 0.1) is 0 Å². The second kappa shape index (κ2) is 5.73. The molecule has 1 heterocycles. The summed E-state index contributed by atoms with van der Waals surface area (Å²) in [6.07, 6.45) is 1.59. The van der Waals surface area contributed by atoms with E-state index >= 15 is 0 Å². The van der Waals surface area contributed by atoms with Gasteiger partial charge in [-0.05, 0) is 13.8 Å². The predicted molar refractivity (Wildman–Crippen MR) is 80.8 cm³/mol. The molecule has 0 saturated carbocycles. The van der Waals surface area contributed by atoms with E-state index in [0.29, 0.717) is 4.88 Å². The molecule has 20 heavy (non-hydrogen) atoms. The van der Waals surface area contributed by atoms with E-state index in [-0.39, 0.29) is 12.5 Å². The maximum absolute atomic E-state index is 12.3. The summed E-state index contributed by atoms with van der Waals surface area (Å²) in [5.74, 6) is -0.119. The first-order valence-electron chi connectivity index (χ1n) is 6.36. The Morgan fingerprint density at radius 1 is 1.35 bits per heavy atom. The zero-order chi connectivity index (χ0) is 14.8. The molecule has 0 radical (unpaired) electrons. The van der Waals surface area contributed by atoms with Crippen LogP contribution in [-0.4, -0.2) is 40.1 Å². The van der Waals surface area contributed by atoms with Crippen molar-refractivity contribution >= 4 is 17.2 Å². The summed E-state index contributed by atoms with van der Waals surface area (Å²) in [4.78, 5) is 18.6. The summed E-state index contributed by atoms with van der Waals surface area (Å²) in [6.45, 7) is 3.64. The number of amides is 1. The van der Waals surface area contributed by atoms with Gasteiger partial charge in [0.1, 0.15) is 9.88 Å². The second-order valence-electron chi connectivity index (χ2n) is 5.37. The van der Waals surface area contributed by atoms with Crippen LogP contribution < -0.4 is 0 Å². The van der Waals surface area contributed by atoms with Crippen molar-refractivity contribution in [2.45, 2.75) is 19.4 Å². The molecule has 1 amide bonds. The minimum atomic E-state index is -0.905. The molecule has 0 saturated heterocycles. The summed E-state index contributed by atoms with van der Waals surface area (Å²) in [5.41, 5.74) is 0.0962. The Labute approximate surface area is 122 Å². The highest BCUT2D eigenvalue weighted by Crippen LogP contribution is 2.25. The highest BCUT2D eigenvalue weighted by Gasteiger charge is 2.22. The lowest BCUT2D eigenvalue weighted by Crippen LogP contribution is -2.39. The van der Waals surface area contributed by atoms with Gasteiger partial charge < -0.3 is 10.0 Å². The molecule has 2 aromatic rings. The lowest BCUT2D eigenvalue weighted by atomic mass is 10.1. The van der Waals surface area contributed by atoms with Crippen LogP contribution in [0.25, 0.3) is 10.6 Å². The SMILES string of the molecule is CN(CC(C)(C)O)C(=O)c1cnc(-c2ccccc2)s1. The topological polar surface area (TPSA) is 53.4 Å². The number of hydrogen-bond acceptors (Lipinski definition) is 4. The molecule has 0 spiro atoms. The average molecular weight is 290 g/mol. The van der Waals surface area contributed by atoms with Crippen LogP contribution in [0.4, 0.5) is 0 Å². The fraction of sp³-hybridized carbons (Fsp3) is 0.333. The van der Waals surface area contributed by atoms with Crippen molar-refractivity contribution in [3.63, 3.8) is 0 Å². The molecule has 5 heteroatoms. The van der Waals surface area contributed by atoms with Crippen LogP contribution in [-0.2, 0) is 0 Å². The smallest absolute Gasteiger partial charge is 0.265 e. The van der Waals surface area contributed by atoms with Gasteiger partial charge in [0.2, 0.25) is 0 Å². The molecule has 2 rings (SSSR count). The van der Waals surface area contributed by atoms with E-state index in [2.05, 4.69) is 4.98 Å². The number of benzene rings is 1. The van der Waals surface area contributed by atoms with Crippen LogP contribution in [0.5, 0.6) is 0 Å². The first kappa shape index (κ1) is 14.7. The van der Waals surface area contributed by atoms with E-state index in [4.69, 9.17) is 0 Å². The number of hydrogen-bond donors (Lipinski definition) is 1. The third-order valence-electron chi connectivity index (χ3n) is 2.71. The van der Waals surface area contributed by atoms with Gasteiger partial charge in [0.15, 0.2) is 0 Å². The normalized spacial score (nSPS) is 11.4. The van der Waals surface area contributed by atoms with E-state index in [1.807, 2.05) is 30.3 Å². The van der Waals surface area contributed by atoms with Crippen molar-refractivity contribution < 1.29 is 9.90 Å². The van der Waals surface area contributed by atoms with Gasteiger partial charge in [0.25, 0.3) is 5.91 Å². The largest absolute Gasteiger partial charge is 0.389 e. The van der Waals surface area contributed by atoms with E-state index in [1.165, 1.54) is 16.2 Å². The molecular formula is C15H18N2O2S. The van der Waals surface area contributed by atoms with E-state index < -0.39 is 5.60 Å². The Bertz CT molecular complexity index is 587. The van der Waals surface area contributed by atoms with Crippen LogP contribution in [0.1, 0.15) is 23.5 Å². The molecule has 1 N–H and O–H groups in total. The summed E-state index contributed by atoms with van der Waals surface area (Å²) < 4.78 is 0. The van der Waals surface area contributed by atoms with Gasteiger partial charge in [-0.1, -0.05) is 30.3 Å². The molecular weight excluding hydrogens is 272 g/mol. The molecule has 1 aromatic carbocycles.